The molecule has 4 heteroatoms. The Hall–Kier alpha value is -2.59. The normalized spacial score (nSPS) is 15.2. The van der Waals surface area contributed by atoms with Gasteiger partial charge < -0.3 is 14.4 Å². The van der Waals surface area contributed by atoms with Gasteiger partial charge in [-0.25, -0.2) is 0 Å². The maximum absolute atomic E-state index is 12.1. The third kappa shape index (κ3) is 6.24. The van der Waals surface area contributed by atoms with Gasteiger partial charge in [0.2, 0.25) is 0 Å². The maximum Gasteiger partial charge on any atom is 0.194 e. The van der Waals surface area contributed by atoms with Crippen molar-refractivity contribution in [3.8, 4) is 11.5 Å². The van der Waals surface area contributed by atoms with Gasteiger partial charge in [-0.1, -0.05) is 48.9 Å². The van der Waals surface area contributed by atoms with Gasteiger partial charge in [0.05, 0.1) is 6.61 Å². The number of Topliss-reactive ketones (excluding diaryl/α,β-unsaturated/α-hetero) is 1. The first-order chi connectivity index (χ1) is 13.7. The van der Waals surface area contributed by atoms with Crippen LogP contribution < -0.4 is 9.47 Å². The summed E-state index contributed by atoms with van der Waals surface area (Å²) in [5, 5.41) is 0. The highest BCUT2D eigenvalue weighted by Crippen LogP contribution is 2.29. The zero-order chi connectivity index (χ0) is 19.6. The molecule has 2 aromatic carbocycles. The third-order valence-corrected chi connectivity index (χ3v) is 4.84. The van der Waals surface area contributed by atoms with E-state index in [1.807, 2.05) is 54.6 Å². The summed E-state index contributed by atoms with van der Waals surface area (Å²) < 4.78 is 11.9. The molecule has 148 valence electrons. The number of para-hydroxylation sites is 2. The lowest BCUT2D eigenvalue weighted by atomic mass is 10.1. The van der Waals surface area contributed by atoms with E-state index in [0.29, 0.717) is 23.9 Å². The van der Waals surface area contributed by atoms with Crippen molar-refractivity contribution in [2.75, 3.05) is 26.2 Å². The van der Waals surface area contributed by atoms with Crippen molar-refractivity contribution in [2.24, 2.45) is 0 Å². The number of likely N-dealkylation sites (tertiary alicyclic amines) is 1. The second-order valence-electron chi connectivity index (χ2n) is 7.13. The van der Waals surface area contributed by atoms with E-state index in [9.17, 15) is 4.79 Å². The summed E-state index contributed by atoms with van der Waals surface area (Å²) in [7, 11) is 0. The Bertz CT molecular complexity index is 779. The van der Waals surface area contributed by atoms with Gasteiger partial charge in [0, 0.05) is 13.5 Å². The topological polar surface area (TPSA) is 38.8 Å². The minimum absolute atomic E-state index is 0.122. The lowest BCUT2D eigenvalue weighted by Gasteiger charge is -2.26. The highest BCUT2D eigenvalue weighted by Gasteiger charge is 2.12. The van der Waals surface area contributed by atoms with Crippen LogP contribution in [0.25, 0.3) is 6.08 Å². The second-order valence-corrected chi connectivity index (χ2v) is 7.13. The Kier molecular flexibility index (Phi) is 7.68. The number of allylic oxidation sites excluding steroid dienone is 1. The fourth-order valence-electron chi connectivity index (χ4n) is 3.33. The van der Waals surface area contributed by atoms with Gasteiger partial charge in [-0.05, 0) is 56.1 Å². The summed E-state index contributed by atoms with van der Waals surface area (Å²) in [6, 6.07) is 17.2. The molecule has 1 saturated heterocycles. The van der Waals surface area contributed by atoms with Gasteiger partial charge in [0.15, 0.2) is 23.0 Å². The zero-order valence-electron chi connectivity index (χ0n) is 16.6. The van der Waals surface area contributed by atoms with E-state index in [0.717, 1.165) is 18.5 Å². The molecule has 0 amide bonds. The summed E-state index contributed by atoms with van der Waals surface area (Å²) in [5.74, 6) is 1.42. The van der Waals surface area contributed by atoms with Crippen LogP contribution in [0.2, 0.25) is 0 Å². The Labute approximate surface area is 167 Å². The lowest BCUT2D eigenvalue weighted by Crippen LogP contribution is -2.31. The molecular formula is C24H29NO3. The molecule has 28 heavy (non-hydrogen) atoms. The van der Waals surface area contributed by atoms with E-state index in [1.165, 1.54) is 39.3 Å². The largest absolute Gasteiger partial charge is 0.490 e. The molecule has 0 saturated carbocycles. The smallest absolute Gasteiger partial charge is 0.194 e. The molecule has 0 aliphatic carbocycles. The predicted octanol–water partition coefficient (Wildman–Crippen LogP) is 4.95. The first kappa shape index (κ1) is 20.2. The van der Waals surface area contributed by atoms with Crippen LogP contribution in [0.5, 0.6) is 11.5 Å². The quantitative estimate of drug-likeness (QED) is 0.351. The first-order valence-electron chi connectivity index (χ1n) is 10.1. The molecule has 0 spiro atoms. The van der Waals surface area contributed by atoms with E-state index in [4.69, 9.17) is 9.47 Å². The summed E-state index contributed by atoms with van der Waals surface area (Å²) in [4.78, 5) is 14.6. The van der Waals surface area contributed by atoms with Gasteiger partial charge in [-0.3, -0.25) is 4.79 Å². The number of nitrogens with zero attached hydrogens (tertiary/aromatic N) is 1. The van der Waals surface area contributed by atoms with Crippen LogP contribution in [-0.4, -0.2) is 36.9 Å². The van der Waals surface area contributed by atoms with Gasteiger partial charge in [0.25, 0.3) is 0 Å². The lowest BCUT2D eigenvalue weighted by molar-refractivity contribution is -0.115. The van der Waals surface area contributed by atoms with Crippen molar-refractivity contribution in [2.45, 2.75) is 32.6 Å². The summed E-state index contributed by atoms with van der Waals surface area (Å²) in [6.07, 6.45) is 6.70. The zero-order valence-corrected chi connectivity index (χ0v) is 16.6. The number of hydrogen-bond donors (Lipinski definition) is 0. The number of benzene rings is 2. The number of ether oxygens (including phenoxy) is 2. The molecule has 0 radical (unpaired) electrons. The standard InChI is InChI=1S/C24H29NO3/c1-20(26)24(19-21-11-4-2-5-12-21)28-23-14-7-6-13-22(23)27-18-10-17-25-15-8-3-9-16-25/h2,4-7,11-14,19H,3,8-10,15-18H2,1H3/b24-19-. The average molecular weight is 380 g/mol. The minimum atomic E-state index is -0.122. The van der Waals surface area contributed by atoms with E-state index < -0.39 is 0 Å². The molecule has 4 nitrogen and oxygen atoms in total. The molecule has 0 unspecified atom stereocenters. The van der Waals surface area contributed by atoms with Crippen molar-refractivity contribution < 1.29 is 14.3 Å². The van der Waals surface area contributed by atoms with Crippen LogP contribution in [0.15, 0.2) is 60.4 Å². The van der Waals surface area contributed by atoms with Gasteiger partial charge >= 0.3 is 0 Å². The monoisotopic (exact) mass is 379 g/mol. The Morgan fingerprint density at radius 1 is 0.964 bits per heavy atom. The van der Waals surface area contributed by atoms with Gasteiger partial charge in [-0.2, -0.15) is 0 Å². The predicted molar refractivity (Wildman–Crippen MR) is 113 cm³/mol. The highest BCUT2D eigenvalue weighted by atomic mass is 16.5. The van der Waals surface area contributed by atoms with Gasteiger partial charge in [0.1, 0.15) is 0 Å². The SMILES string of the molecule is CC(=O)/C(=C/c1ccccc1)Oc1ccccc1OCCCN1CCCCC1. The molecule has 2 aromatic rings. The number of piperidine rings is 1. The summed E-state index contributed by atoms with van der Waals surface area (Å²) in [5.41, 5.74) is 0.924. The molecule has 0 aromatic heterocycles. The average Bonchev–Trinajstić information content (AvgIpc) is 2.73. The van der Waals surface area contributed by atoms with E-state index in [1.54, 1.807) is 6.08 Å². The molecule has 1 heterocycles. The highest BCUT2D eigenvalue weighted by molar-refractivity contribution is 5.96. The van der Waals surface area contributed by atoms with E-state index >= 15 is 0 Å². The van der Waals surface area contributed by atoms with E-state index in [2.05, 4.69) is 4.90 Å². The fraction of sp³-hybridized carbons (Fsp3) is 0.375. The molecule has 1 fully saturated rings. The third-order valence-electron chi connectivity index (χ3n) is 4.84. The number of carbonyl (C=O) groups is 1. The van der Waals surface area contributed by atoms with Crippen LogP contribution in [0, 0.1) is 0 Å². The van der Waals surface area contributed by atoms with Crippen molar-refractivity contribution in [3.63, 3.8) is 0 Å². The Balaban J connectivity index is 1.60. The van der Waals surface area contributed by atoms with Crippen LogP contribution in [0.4, 0.5) is 0 Å². The van der Waals surface area contributed by atoms with Gasteiger partial charge in [-0.15, -0.1) is 0 Å². The molecule has 1 aliphatic rings. The molecule has 3 rings (SSSR count). The van der Waals surface area contributed by atoms with Crippen LogP contribution in [0.3, 0.4) is 0 Å². The van der Waals surface area contributed by atoms with Crippen LogP contribution >= 0.6 is 0 Å². The van der Waals surface area contributed by atoms with Crippen molar-refractivity contribution in [3.05, 3.63) is 65.9 Å². The number of rotatable bonds is 9. The van der Waals surface area contributed by atoms with Crippen molar-refractivity contribution in [1.29, 1.82) is 0 Å². The Morgan fingerprint density at radius 3 is 2.36 bits per heavy atom. The summed E-state index contributed by atoms with van der Waals surface area (Å²) in [6.45, 7) is 5.61. The first-order valence-corrected chi connectivity index (χ1v) is 10.1. The molecule has 0 bridgehead atoms. The molecule has 1 aliphatic heterocycles. The van der Waals surface area contributed by atoms with Crippen LogP contribution in [-0.2, 0) is 4.79 Å². The van der Waals surface area contributed by atoms with Crippen LogP contribution in [0.1, 0.15) is 38.2 Å². The Morgan fingerprint density at radius 2 is 1.64 bits per heavy atom. The van der Waals surface area contributed by atoms with Crippen molar-refractivity contribution >= 4 is 11.9 Å². The minimum Gasteiger partial charge on any atom is -0.490 e. The number of carbonyl (C=O) groups excluding carboxylic acids is 1. The fourth-order valence-corrected chi connectivity index (χ4v) is 3.33. The molecule has 0 atom stereocenters. The van der Waals surface area contributed by atoms with Crippen molar-refractivity contribution in [1.82, 2.24) is 4.90 Å². The number of ketones is 1. The second kappa shape index (κ2) is 10.7. The maximum atomic E-state index is 12.1. The molecule has 0 N–H and O–H groups in total. The van der Waals surface area contributed by atoms with E-state index in [-0.39, 0.29) is 5.78 Å². The summed E-state index contributed by atoms with van der Waals surface area (Å²) >= 11 is 0. The molecular weight excluding hydrogens is 350 g/mol. The number of hydrogen-bond acceptors (Lipinski definition) is 4.